The van der Waals surface area contributed by atoms with Gasteiger partial charge < -0.3 is 15.3 Å². The van der Waals surface area contributed by atoms with Crippen molar-refractivity contribution in [1.82, 2.24) is 9.88 Å². The first kappa shape index (κ1) is 22.9. The van der Waals surface area contributed by atoms with E-state index in [1.807, 2.05) is 0 Å². The van der Waals surface area contributed by atoms with Crippen LogP contribution in [0.4, 0.5) is 5.82 Å². The number of anilines is 1. The smallest absolute Gasteiger partial charge is 0.305 e. The first-order valence-corrected chi connectivity index (χ1v) is 11.9. The van der Waals surface area contributed by atoms with Crippen molar-refractivity contribution in [3.63, 3.8) is 0 Å². The molecule has 0 saturated carbocycles. The Hall–Kier alpha value is -2.31. The topological polar surface area (TPSA) is 82.5 Å². The molecule has 8 heteroatoms. The van der Waals surface area contributed by atoms with E-state index in [4.69, 9.17) is 28.2 Å². The van der Waals surface area contributed by atoms with Gasteiger partial charge in [-0.15, -0.1) is 0 Å². The third-order valence-electron chi connectivity index (χ3n) is 6.25. The Morgan fingerprint density at radius 1 is 1.22 bits per heavy atom. The minimum absolute atomic E-state index is 0.00320. The lowest BCUT2D eigenvalue weighted by molar-refractivity contribution is -0.154. The maximum Gasteiger partial charge on any atom is 0.305 e. The number of benzene rings is 1. The molecule has 3 heterocycles. The number of likely N-dealkylation sites (tertiary alicyclic amines) is 1. The normalized spacial score (nSPS) is 18.5. The van der Waals surface area contributed by atoms with Crippen molar-refractivity contribution >= 4 is 40.9 Å². The molecule has 1 amide bonds. The molecule has 0 aliphatic carbocycles. The van der Waals surface area contributed by atoms with Gasteiger partial charge in [-0.05, 0) is 67.5 Å². The number of carbonyl (C=O) groups is 2. The molecule has 2 atom stereocenters. The Morgan fingerprint density at radius 2 is 2.00 bits per heavy atom. The van der Waals surface area contributed by atoms with E-state index >= 15 is 0 Å². The lowest BCUT2D eigenvalue weighted by Gasteiger charge is -2.43. The van der Waals surface area contributed by atoms with Crippen LogP contribution in [0, 0.1) is 5.92 Å². The fourth-order valence-corrected chi connectivity index (χ4v) is 5.11. The van der Waals surface area contributed by atoms with E-state index in [2.05, 4.69) is 17.4 Å². The van der Waals surface area contributed by atoms with Crippen LogP contribution in [0.3, 0.4) is 0 Å². The number of pyridine rings is 1. The fraction of sp³-hybridized carbons (Fsp3) is 0.458. The molecule has 0 bridgehead atoms. The number of carboxylic acids is 1. The number of aromatic nitrogens is 1. The molecular weight excluding hydrogens is 449 g/mol. The Bertz CT molecular complexity index is 994. The SMILES string of the molecule is O=C(O)CC(c1cc(Cl)cc(Cl)c1)N1CC(CCCCc2ccc3c(n2)NCCC3)C1=O. The fourth-order valence-electron chi connectivity index (χ4n) is 4.57. The summed E-state index contributed by atoms with van der Waals surface area (Å²) in [5.74, 6) is 0.00102. The number of aliphatic carboxylic acids is 1. The summed E-state index contributed by atoms with van der Waals surface area (Å²) < 4.78 is 0. The maximum atomic E-state index is 12.8. The van der Waals surface area contributed by atoms with Crippen LogP contribution in [0.25, 0.3) is 0 Å². The zero-order valence-corrected chi connectivity index (χ0v) is 19.3. The second-order valence-electron chi connectivity index (χ2n) is 8.59. The van der Waals surface area contributed by atoms with Crippen molar-refractivity contribution in [2.24, 2.45) is 5.92 Å². The van der Waals surface area contributed by atoms with Crippen LogP contribution >= 0.6 is 23.2 Å². The number of unbranched alkanes of at least 4 members (excludes halogenated alkanes) is 1. The van der Waals surface area contributed by atoms with Gasteiger partial charge >= 0.3 is 5.97 Å². The summed E-state index contributed by atoms with van der Waals surface area (Å²) in [6.07, 6.45) is 5.66. The van der Waals surface area contributed by atoms with E-state index in [1.54, 1.807) is 23.1 Å². The van der Waals surface area contributed by atoms with Gasteiger partial charge in [-0.25, -0.2) is 4.98 Å². The number of fused-ring (bicyclic) bond motifs is 1. The Labute approximate surface area is 197 Å². The van der Waals surface area contributed by atoms with Gasteiger partial charge in [0.05, 0.1) is 18.4 Å². The van der Waals surface area contributed by atoms with E-state index in [0.29, 0.717) is 22.2 Å². The van der Waals surface area contributed by atoms with E-state index < -0.39 is 12.0 Å². The second-order valence-corrected chi connectivity index (χ2v) is 9.46. The summed E-state index contributed by atoms with van der Waals surface area (Å²) in [7, 11) is 0. The van der Waals surface area contributed by atoms with Crippen molar-refractivity contribution in [2.45, 2.75) is 51.0 Å². The number of amides is 1. The third-order valence-corrected chi connectivity index (χ3v) is 6.69. The van der Waals surface area contributed by atoms with E-state index in [-0.39, 0.29) is 18.2 Å². The minimum atomic E-state index is -0.964. The van der Waals surface area contributed by atoms with Gasteiger partial charge in [-0.2, -0.15) is 0 Å². The van der Waals surface area contributed by atoms with Crippen LogP contribution < -0.4 is 5.32 Å². The summed E-state index contributed by atoms with van der Waals surface area (Å²) in [5, 5.41) is 13.6. The minimum Gasteiger partial charge on any atom is -0.481 e. The number of halogens is 2. The monoisotopic (exact) mass is 475 g/mol. The molecule has 0 radical (unpaired) electrons. The average Bonchev–Trinajstić information content (AvgIpc) is 2.75. The molecular formula is C24H27Cl2N3O3. The summed E-state index contributed by atoms with van der Waals surface area (Å²) in [6, 6.07) is 8.68. The van der Waals surface area contributed by atoms with Gasteiger partial charge in [0, 0.05) is 28.8 Å². The van der Waals surface area contributed by atoms with Gasteiger partial charge in [-0.3, -0.25) is 9.59 Å². The molecule has 0 spiro atoms. The Kier molecular flexibility index (Phi) is 7.21. The third kappa shape index (κ3) is 5.36. The van der Waals surface area contributed by atoms with Crippen LogP contribution in [0.1, 0.15) is 55.0 Å². The van der Waals surface area contributed by atoms with Gasteiger partial charge in [0.25, 0.3) is 0 Å². The Morgan fingerprint density at radius 3 is 2.72 bits per heavy atom. The molecule has 4 rings (SSSR count). The number of β-lactam (4-membered cyclic amide) rings is 1. The number of aryl methyl sites for hydroxylation is 2. The zero-order valence-electron chi connectivity index (χ0n) is 17.8. The molecule has 2 N–H and O–H groups in total. The van der Waals surface area contributed by atoms with Crippen molar-refractivity contribution in [1.29, 1.82) is 0 Å². The zero-order chi connectivity index (χ0) is 22.7. The number of carboxylic acid groups (broad SMARTS) is 1. The van der Waals surface area contributed by atoms with E-state index in [0.717, 1.165) is 56.6 Å². The first-order valence-electron chi connectivity index (χ1n) is 11.1. The maximum absolute atomic E-state index is 12.8. The van der Waals surface area contributed by atoms with Crippen LogP contribution in [-0.2, 0) is 22.4 Å². The second kappa shape index (κ2) is 10.1. The predicted molar refractivity (Wildman–Crippen MR) is 125 cm³/mol. The average molecular weight is 476 g/mol. The quantitative estimate of drug-likeness (QED) is 0.387. The molecule has 2 aliphatic heterocycles. The molecule has 2 aromatic rings. The molecule has 170 valence electrons. The highest BCUT2D eigenvalue weighted by Crippen LogP contribution is 2.36. The molecule has 1 fully saturated rings. The molecule has 2 unspecified atom stereocenters. The number of hydrogen-bond donors (Lipinski definition) is 2. The van der Waals surface area contributed by atoms with E-state index in [9.17, 15) is 14.7 Å². The van der Waals surface area contributed by atoms with Crippen LogP contribution in [0.15, 0.2) is 30.3 Å². The summed E-state index contributed by atoms with van der Waals surface area (Å²) >= 11 is 12.2. The van der Waals surface area contributed by atoms with Gasteiger partial charge in [0.15, 0.2) is 0 Å². The molecule has 1 aromatic heterocycles. The molecule has 2 aliphatic rings. The lowest BCUT2D eigenvalue weighted by atomic mass is 9.88. The number of rotatable bonds is 9. The molecule has 1 saturated heterocycles. The Balaban J connectivity index is 1.29. The number of hydrogen-bond acceptors (Lipinski definition) is 4. The number of nitrogens with one attached hydrogen (secondary N) is 1. The van der Waals surface area contributed by atoms with E-state index in [1.165, 1.54) is 5.56 Å². The highest BCUT2D eigenvalue weighted by atomic mass is 35.5. The van der Waals surface area contributed by atoms with Crippen molar-refractivity contribution < 1.29 is 14.7 Å². The molecule has 32 heavy (non-hydrogen) atoms. The highest BCUT2D eigenvalue weighted by Gasteiger charge is 2.41. The first-order chi connectivity index (χ1) is 15.4. The van der Waals surface area contributed by atoms with Crippen LogP contribution in [0.2, 0.25) is 10.0 Å². The van der Waals surface area contributed by atoms with Crippen LogP contribution in [0.5, 0.6) is 0 Å². The molecule has 6 nitrogen and oxygen atoms in total. The summed E-state index contributed by atoms with van der Waals surface area (Å²) in [4.78, 5) is 30.6. The number of carbonyl (C=O) groups excluding carboxylic acids is 1. The number of nitrogens with zero attached hydrogens (tertiary/aromatic N) is 2. The standard InChI is InChI=1S/C24H27Cl2N3O3/c25-18-10-17(11-19(26)12-18)21(13-22(30)31)29-14-16(24(29)32)4-1-2-6-20-8-7-15-5-3-9-27-23(15)28-20/h7-8,10-12,16,21H,1-6,9,13-14H2,(H,27,28)(H,30,31). The summed E-state index contributed by atoms with van der Waals surface area (Å²) in [5.41, 5.74) is 3.03. The van der Waals surface area contributed by atoms with Crippen molar-refractivity contribution in [3.8, 4) is 0 Å². The van der Waals surface area contributed by atoms with Gasteiger partial charge in [-0.1, -0.05) is 35.7 Å². The van der Waals surface area contributed by atoms with Crippen LogP contribution in [-0.4, -0.2) is 40.0 Å². The highest BCUT2D eigenvalue weighted by molar-refractivity contribution is 6.34. The predicted octanol–water partition coefficient (Wildman–Crippen LogP) is 5.13. The molecule has 1 aromatic carbocycles. The summed E-state index contributed by atoms with van der Waals surface area (Å²) in [6.45, 7) is 1.54. The van der Waals surface area contributed by atoms with Crippen molar-refractivity contribution in [2.75, 3.05) is 18.4 Å². The van der Waals surface area contributed by atoms with Crippen molar-refractivity contribution in [3.05, 3.63) is 57.2 Å². The largest absolute Gasteiger partial charge is 0.481 e. The lowest BCUT2D eigenvalue weighted by Crippen LogP contribution is -2.54. The van der Waals surface area contributed by atoms with Gasteiger partial charge in [0.2, 0.25) is 5.91 Å². The van der Waals surface area contributed by atoms with Gasteiger partial charge in [0.1, 0.15) is 5.82 Å².